The van der Waals surface area contributed by atoms with Crippen LogP contribution in [0.2, 0.25) is 5.02 Å². The minimum absolute atomic E-state index is 0.0591. The Bertz CT molecular complexity index is 996. The zero-order valence-electron chi connectivity index (χ0n) is 14.4. The van der Waals surface area contributed by atoms with Gasteiger partial charge in [-0.3, -0.25) is 14.9 Å². The highest BCUT2D eigenvalue weighted by Crippen LogP contribution is 2.29. The van der Waals surface area contributed by atoms with Crippen molar-refractivity contribution in [2.75, 3.05) is 7.05 Å². The average Bonchev–Trinajstić information content (AvgIpc) is 2.98. The smallest absolute Gasteiger partial charge is 0.270 e. The average molecular weight is 373 g/mol. The van der Waals surface area contributed by atoms with Crippen LogP contribution >= 0.6 is 11.6 Å². The van der Waals surface area contributed by atoms with Crippen LogP contribution in [0, 0.1) is 10.1 Å². The Hall–Kier alpha value is -2.86. The number of para-hydroxylation sites is 1. The van der Waals surface area contributed by atoms with Gasteiger partial charge in [0.2, 0.25) is 0 Å². The number of fused-ring (bicyclic) bond motifs is 1. The molecule has 1 amide bonds. The molecule has 0 saturated heterocycles. The first kappa shape index (κ1) is 17.9. The van der Waals surface area contributed by atoms with E-state index in [1.54, 1.807) is 7.05 Å². The molecule has 3 rings (SSSR count). The number of rotatable bonds is 5. The van der Waals surface area contributed by atoms with Crippen LogP contribution in [-0.2, 0) is 13.0 Å². The number of hydrogen-bond acceptors (Lipinski definition) is 4. The molecule has 134 valence electrons. The zero-order valence-corrected chi connectivity index (χ0v) is 15.1. The maximum atomic E-state index is 12.7. The van der Waals surface area contributed by atoms with E-state index >= 15 is 0 Å². The summed E-state index contributed by atoms with van der Waals surface area (Å²) in [5.41, 5.74) is 1.82. The molecule has 2 aromatic carbocycles. The third kappa shape index (κ3) is 3.28. The van der Waals surface area contributed by atoms with Gasteiger partial charge >= 0.3 is 0 Å². The summed E-state index contributed by atoms with van der Waals surface area (Å²) in [5.74, 6) is 0.526. The second kappa shape index (κ2) is 7.17. The van der Waals surface area contributed by atoms with Gasteiger partial charge in [-0.2, -0.15) is 0 Å². The molecule has 0 saturated carbocycles. The fraction of sp³-hybridized carbons (Fsp3) is 0.211. The van der Waals surface area contributed by atoms with E-state index in [1.165, 1.54) is 23.1 Å². The highest BCUT2D eigenvalue weighted by Gasteiger charge is 2.21. The van der Waals surface area contributed by atoms with Crippen molar-refractivity contribution in [3.63, 3.8) is 0 Å². The lowest BCUT2D eigenvalue weighted by Crippen LogP contribution is -2.26. The number of amides is 1. The lowest BCUT2D eigenvalue weighted by molar-refractivity contribution is -0.384. The highest BCUT2D eigenvalue weighted by atomic mass is 35.5. The number of aryl methyl sites for hydroxylation is 1. The summed E-state index contributed by atoms with van der Waals surface area (Å²) < 4.78 is 5.86. The van der Waals surface area contributed by atoms with Crippen molar-refractivity contribution in [3.05, 3.63) is 74.5 Å². The van der Waals surface area contributed by atoms with Gasteiger partial charge in [-0.1, -0.05) is 36.7 Å². The molecule has 0 aliphatic rings. The van der Waals surface area contributed by atoms with Crippen LogP contribution in [0.25, 0.3) is 11.0 Å². The van der Waals surface area contributed by atoms with Crippen LogP contribution in [0.1, 0.15) is 28.6 Å². The van der Waals surface area contributed by atoms with Gasteiger partial charge in [0.25, 0.3) is 11.6 Å². The van der Waals surface area contributed by atoms with Gasteiger partial charge in [0, 0.05) is 43.1 Å². The second-order valence-electron chi connectivity index (χ2n) is 5.94. The SMILES string of the molecule is CCc1oc2ccccc2c1CN(C)C(=O)c1ccc([N+](=O)[O-])cc1Cl. The molecule has 1 heterocycles. The molecule has 26 heavy (non-hydrogen) atoms. The topological polar surface area (TPSA) is 76.6 Å². The second-order valence-corrected chi connectivity index (χ2v) is 6.34. The Kier molecular flexibility index (Phi) is 4.95. The number of carbonyl (C=O) groups is 1. The fourth-order valence-corrected chi connectivity index (χ4v) is 3.17. The first-order valence-electron chi connectivity index (χ1n) is 8.11. The van der Waals surface area contributed by atoms with Gasteiger partial charge in [-0.25, -0.2) is 0 Å². The summed E-state index contributed by atoms with van der Waals surface area (Å²) in [4.78, 5) is 24.6. The molecule has 0 fully saturated rings. The van der Waals surface area contributed by atoms with E-state index in [9.17, 15) is 14.9 Å². The lowest BCUT2D eigenvalue weighted by Gasteiger charge is -2.18. The number of nitrogens with zero attached hydrogens (tertiary/aromatic N) is 2. The monoisotopic (exact) mass is 372 g/mol. The number of nitro benzene ring substituents is 1. The van der Waals surface area contributed by atoms with E-state index in [2.05, 4.69) is 0 Å². The Morgan fingerprint density at radius 3 is 2.65 bits per heavy atom. The van der Waals surface area contributed by atoms with E-state index in [1.807, 2.05) is 31.2 Å². The zero-order chi connectivity index (χ0) is 18.8. The molecular formula is C19H17ClN2O4. The fourth-order valence-electron chi connectivity index (χ4n) is 2.91. The van der Waals surface area contributed by atoms with Gasteiger partial charge in [-0.05, 0) is 12.1 Å². The van der Waals surface area contributed by atoms with Crippen LogP contribution in [0.3, 0.4) is 0 Å². The van der Waals surface area contributed by atoms with E-state index in [0.717, 1.165) is 22.3 Å². The molecule has 3 aromatic rings. The molecule has 0 radical (unpaired) electrons. The first-order chi connectivity index (χ1) is 12.4. The standard InChI is InChI=1S/C19H17ClN2O4/c1-3-17-15(13-6-4-5-7-18(13)26-17)11-21(2)19(23)14-9-8-12(22(24)25)10-16(14)20/h4-10H,3,11H2,1-2H3. The Balaban J connectivity index is 1.90. The van der Waals surface area contributed by atoms with Crippen molar-refractivity contribution in [2.45, 2.75) is 19.9 Å². The molecule has 0 unspecified atom stereocenters. The van der Waals surface area contributed by atoms with Crippen LogP contribution in [0.15, 0.2) is 46.9 Å². The molecule has 0 N–H and O–H groups in total. The number of nitro groups is 1. The van der Waals surface area contributed by atoms with Crippen LogP contribution < -0.4 is 0 Å². The summed E-state index contributed by atoms with van der Waals surface area (Å²) >= 11 is 6.08. The van der Waals surface area contributed by atoms with Gasteiger partial charge < -0.3 is 9.32 Å². The summed E-state index contributed by atoms with van der Waals surface area (Å²) in [6.07, 6.45) is 0.713. The van der Waals surface area contributed by atoms with E-state index in [4.69, 9.17) is 16.0 Å². The maximum absolute atomic E-state index is 12.7. The van der Waals surface area contributed by atoms with Gasteiger partial charge in [0.05, 0.1) is 15.5 Å². The Labute approximate surface area is 155 Å². The molecule has 1 aromatic heterocycles. The molecule has 0 spiro atoms. The minimum Gasteiger partial charge on any atom is -0.461 e. The first-order valence-corrected chi connectivity index (χ1v) is 8.48. The number of hydrogen-bond donors (Lipinski definition) is 0. The summed E-state index contributed by atoms with van der Waals surface area (Å²) in [6.45, 7) is 2.35. The number of halogens is 1. The van der Waals surface area contributed by atoms with Crippen molar-refractivity contribution < 1.29 is 14.1 Å². The van der Waals surface area contributed by atoms with Gasteiger partial charge in [-0.15, -0.1) is 0 Å². The van der Waals surface area contributed by atoms with Crippen molar-refractivity contribution in [1.29, 1.82) is 0 Å². The third-order valence-electron chi connectivity index (χ3n) is 4.24. The normalized spacial score (nSPS) is 10.9. The largest absolute Gasteiger partial charge is 0.461 e. The van der Waals surface area contributed by atoms with E-state index < -0.39 is 4.92 Å². The number of furan rings is 1. The number of carbonyl (C=O) groups excluding carboxylic acids is 1. The molecule has 0 aliphatic heterocycles. The third-order valence-corrected chi connectivity index (χ3v) is 4.55. The van der Waals surface area contributed by atoms with E-state index in [-0.39, 0.29) is 22.2 Å². The summed E-state index contributed by atoms with van der Waals surface area (Å²) in [6, 6.07) is 11.5. The number of benzene rings is 2. The van der Waals surface area contributed by atoms with Gasteiger partial charge in [0.1, 0.15) is 11.3 Å². The van der Waals surface area contributed by atoms with E-state index in [0.29, 0.717) is 13.0 Å². The van der Waals surface area contributed by atoms with Crippen LogP contribution in [-0.4, -0.2) is 22.8 Å². The molecule has 0 atom stereocenters. The summed E-state index contributed by atoms with van der Waals surface area (Å²) in [7, 11) is 1.67. The van der Waals surface area contributed by atoms with Crippen molar-refractivity contribution in [3.8, 4) is 0 Å². The molecule has 0 bridgehead atoms. The van der Waals surface area contributed by atoms with Gasteiger partial charge in [0.15, 0.2) is 0 Å². The maximum Gasteiger partial charge on any atom is 0.270 e. The highest BCUT2D eigenvalue weighted by molar-refractivity contribution is 6.34. The van der Waals surface area contributed by atoms with Crippen LogP contribution in [0.4, 0.5) is 5.69 Å². The van der Waals surface area contributed by atoms with Crippen LogP contribution in [0.5, 0.6) is 0 Å². The lowest BCUT2D eigenvalue weighted by atomic mass is 10.1. The van der Waals surface area contributed by atoms with Crippen molar-refractivity contribution >= 4 is 34.2 Å². The molecule has 0 aliphatic carbocycles. The Morgan fingerprint density at radius 1 is 1.27 bits per heavy atom. The predicted octanol–water partition coefficient (Wildman–Crippen LogP) is 4.83. The number of non-ortho nitro benzene ring substituents is 1. The predicted molar refractivity (Wildman–Crippen MR) is 99.5 cm³/mol. The quantitative estimate of drug-likeness (QED) is 0.474. The summed E-state index contributed by atoms with van der Waals surface area (Å²) in [5, 5.41) is 11.8. The Morgan fingerprint density at radius 2 is 2.00 bits per heavy atom. The molecular weight excluding hydrogens is 356 g/mol. The minimum atomic E-state index is -0.547. The molecule has 6 nitrogen and oxygen atoms in total. The molecule has 7 heteroatoms. The van der Waals surface area contributed by atoms with Crippen molar-refractivity contribution in [1.82, 2.24) is 4.90 Å². The van der Waals surface area contributed by atoms with Crippen molar-refractivity contribution in [2.24, 2.45) is 0 Å².